The van der Waals surface area contributed by atoms with E-state index < -0.39 is 5.82 Å². The molecule has 1 aliphatic carbocycles. The molecule has 2 heterocycles. The third kappa shape index (κ3) is 3.88. The summed E-state index contributed by atoms with van der Waals surface area (Å²) in [6.07, 6.45) is 4.55. The zero-order chi connectivity index (χ0) is 17.9. The second-order valence-electron chi connectivity index (χ2n) is 7.12. The smallest absolute Gasteiger partial charge is 0.229 e. The van der Waals surface area contributed by atoms with Crippen LogP contribution in [0.25, 0.3) is 0 Å². The Bertz CT molecular complexity index is 738. The minimum Gasteiger partial charge on any atom is -0.369 e. The maximum atomic E-state index is 13.9. The molecule has 1 aromatic heterocycles. The van der Waals surface area contributed by atoms with E-state index in [0.29, 0.717) is 12.0 Å². The van der Waals surface area contributed by atoms with Gasteiger partial charge >= 0.3 is 0 Å². The summed E-state index contributed by atoms with van der Waals surface area (Å²) in [6.45, 7) is 4.25. The van der Waals surface area contributed by atoms with Crippen LogP contribution in [0.1, 0.15) is 19.3 Å². The number of benzene rings is 1. The monoisotopic (exact) mass is 356 g/mol. The van der Waals surface area contributed by atoms with Gasteiger partial charge in [-0.15, -0.1) is 0 Å². The first-order valence-corrected chi connectivity index (χ1v) is 9.27. The number of anilines is 4. The maximum Gasteiger partial charge on any atom is 0.229 e. The average molecular weight is 356 g/mol. The number of piperazine rings is 1. The molecule has 2 aliphatic rings. The Kier molecular flexibility index (Phi) is 4.88. The quantitative estimate of drug-likeness (QED) is 0.859. The molecule has 1 aliphatic heterocycles. The number of nitrogens with zero attached hydrogens (tertiary/aromatic N) is 4. The molecule has 6 nitrogen and oxygen atoms in total. The van der Waals surface area contributed by atoms with Crippen molar-refractivity contribution in [3.05, 3.63) is 36.3 Å². The molecular formula is C19H25FN6. The molecular weight excluding hydrogens is 331 g/mol. The fourth-order valence-electron chi connectivity index (χ4n) is 3.22. The van der Waals surface area contributed by atoms with Crippen LogP contribution in [0.4, 0.5) is 27.5 Å². The van der Waals surface area contributed by atoms with E-state index in [1.807, 2.05) is 12.1 Å². The van der Waals surface area contributed by atoms with Crippen LogP contribution in [-0.4, -0.2) is 54.1 Å². The van der Waals surface area contributed by atoms with E-state index in [0.717, 1.165) is 44.7 Å². The van der Waals surface area contributed by atoms with Crippen molar-refractivity contribution < 1.29 is 4.39 Å². The molecule has 1 saturated carbocycles. The molecule has 0 unspecified atom stereocenters. The number of hydrogen-bond donors (Lipinski definition) is 2. The van der Waals surface area contributed by atoms with E-state index in [1.54, 1.807) is 0 Å². The standard InChI is InChI=1S/C19H25FN6/c1-25-9-11-26(12-10-25)16-7-5-15(6-8-16)23-19-21-13-17(20)18(24-19)22-14-3-2-4-14/h5-8,13-14H,2-4,9-12H2,1H3,(H2,21,22,23,24). The number of aromatic nitrogens is 2. The molecule has 4 rings (SSSR count). The third-order valence-corrected chi connectivity index (χ3v) is 5.18. The predicted molar refractivity (Wildman–Crippen MR) is 103 cm³/mol. The molecule has 138 valence electrons. The first kappa shape index (κ1) is 17.0. The molecule has 26 heavy (non-hydrogen) atoms. The lowest BCUT2D eigenvalue weighted by atomic mass is 9.93. The van der Waals surface area contributed by atoms with Crippen LogP contribution >= 0.6 is 0 Å². The van der Waals surface area contributed by atoms with Crippen LogP contribution in [0.3, 0.4) is 0 Å². The van der Waals surface area contributed by atoms with Crippen LogP contribution in [0, 0.1) is 5.82 Å². The van der Waals surface area contributed by atoms with Crippen molar-refractivity contribution in [2.75, 3.05) is 48.8 Å². The van der Waals surface area contributed by atoms with E-state index in [1.165, 1.54) is 18.3 Å². The summed E-state index contributed by atoms with van der Waals surface area (Å²) in [5, 5.41) is 6.31. The highest BCUT2D eigenvalue weighted by Crippen LogP contribution is 2.25. The van der Waals surface area contributed by atoms with Gasteiger partial charge in [-0.25, -0.2) is 9.37 Å². The Morgan fingerprint density at radius 1 is 1.08 bits per heavy atom. The van der Waals surface area contributed by atoms with Gasteiger partial charge in [-0.1, -0.05) is 0 Å². The van der Waals surface area contributed by atoms with Gasteiger partial charge in [0.15, 0.2) is 11.6 Å². The maximum absolute atomic E-state index is 13.9. The number of hydrogen-bond acceptors (Lipinski definition) is 6. The molecule has 7 heteroatoms. The summed E-state index contributed by atoms with van der Waals surface area (Å²) in [6, 6.07) is 8.56. The number of rotatable bonds is 5. The molecule has 1 aromatic carbocycles. The highest BCUT2D eigenvalue weighted by atomic mass is 19.1. The Morgan fingerprint density at radius 2 is 1.81 bits per heavy atom. The highest BCUT2D eigenvalue weighted by molar-refractivity contribution is 5.60. The fourth-order valence-corrected chi connectivity index (χ4v) is 3.22. The van der Waals surface area contributed by atoms with Gasteiger partial charge in [-0.3, -0.25) is 0 Å². The zero-order valence-electron chi connectivity index (χ0n) is 15.1. The van der Waals surface area contributed by atoms with Crippen molar-refractivity contribution in [3.8, 4) is 0 Å². The summed E-state index contributed by atoms with van der Waals surface area (Å²) in [5.74, 6) is 0.273. The Balaban J connectivity index is 1.41. The van der Waals surface area contributed by atoms with Gasteiger partial charge < -0.3 is 20.4 Å². The molecule has 1 saturated heterocycles. The third-order valence-electron chi connectivity index (χ3n) is 5.18. The first-order valence-electron chi connectivity index (χ1n) is 9.27. The molecule has 2 N–H and O–H groups in total. The normalized spacial score (nSPS) is 18.5. The Labute approximate surface area is 153 Å². The van der Waals surface area contributed by atoms with Gasteiger partial charge in [-0.2, -0.15) is 4.98 Å². The fraction of sp³-hybridized carbons (Fsp3) is 0.474. The lowest BCUT2D eigenvalue weighted by Crippen LogP contribution is -2.44. The van der Waals surface area contributed by atoms with Gasteiger partial charge in [0.25, 0.3) is 0 Å². The molecule has 0 bridgehead atoms. The van der Waals surface area contributed by atoms with Gasteiger partial charge in [0.1, 0.15) is 0 Å². The molecule has 2 aromatic rings. The molecule has 0 amide bonds. The lowest BCUT2D eigenvalue weighted by molar-refractivity contribution is 0.313. The van der Waals surface area contributed by atoms with Gasteiger partial charge in [0.05, 0.1) is 6.20 Å². The first-order chi connectivity index (χ1) is 12.7. The number of likely N-dealkylation sites (N-methyl/N-ethyl adjacent to an activating group) is 1. The van der Waals surface area contributed by atoms with Gasteiger partial charge in [0, 0.05) is 43.6 Å². The Morgan fingerprint density at radius 3 is 2.46 bits per heavy atom. The SMILES string of the molecule is CN1CCN(c2ccc(Nc3ncc(F)c(NC4CCC4)n3)cc2)CC1. The van der Waals surface area contributed by atoms with E-state index >= 15 is 0 Å². The van der Waals surface area contributed by atoms with Crippen LogP contribution < -0.4 is 15.5 Å². The average Bonchev–Trinajstić information content (AvgIpc) is 2.62. The summed E-state index contributed by atoms with van der Waals surface area (Å²) in [7, 11) is 2.15. The number of halogens is 1. The molecule has 0 atom stereocenters. The van der Waals surface area contributed by atoms with Crippen LogP contribution in [-0.2, 0) is 0 Å². The van der Waals surface area contributed by atoms with Crippen molar-refractivity contribution in [2.24, 2.45) is 0 Å². The van der Waals surface area contributed by atoms with Crippen molar-refractivity contribution in [1.82, 2.24) is 14.9 Å². The van der Waals surface area contributed by atoms with Gasteiger partial charge in [0.2, 0.25) is 5.95 Å². The van der Waals surface area contributed by atoms with Crippen LogP contribution in [0.5, 0.6) is 0 Å². The molecule has 0 radical (unpaired) electrons. The zero-order valence-corrected chi connectivity index (χ0v) is 15.1. The van der Waals surface area contributed by atoms with Crippen molar-refractivity contribution in [3.63, 3.8) is 0 Å². The lowest BCUT2D eigenvalue weighted by Gasteiger charge is -2.34. The van der Waals surface area contributed by atoms with Crippen molar-refractivity contribution >= 4 is 23.1 Å². The van der Waals surface area contributed by atoms with Gasteiger partial charge in [-0.05, 0) is 50.6 Å². The summed E-state index contributed by atoms with van der Waals surface area (Å²) < 4.78 is 13.9. The summed E-state index contributed by atoms with van der Waals surface area (Å²) in [5.41, 5.74) is 2.11. The highest BCUT2D eigenvalue weighted by Gasteiger charge is 2.19. The minimum atomic E-state index is -0.409. The summed E-state index contributed by atoms with van der Waals surface area (Å²) >= 11 is 0. The van der Waals surface area contributed by atoms with E-state index in [9.17, 15) is 4.39 Å². The molecule has 2 fully saturated rings. The Hall–Kier alpha value is -2.41. The largest absolute Gasteiger partial charge is 0.369 e. The minimum absolute atomic E-state index is 0.279. The summed E-state index contributed by atoms with van der Waals surface area (Å²) in [4.78, 5) is 13.1. The second kappa shape index (κ2) is 7.45. The topological polar surface area (TPSA) is 56.3 Å². The number of nitrogens with one attached hydrogen (secondary N) is 2. The van der Waals surface area contributed by atoms with Crippen molar-refractivity contribution in [2.45, 2.75) is 25.3 Å². The van der Waals surface area contributed by atoms with Crippen molar-refractivity contribution in [1.29, 1.82) is 0 Å². The van der Waals surface area contributed by atoms with E-state index in [4.69, 9.17) is 0 Å². The predicted octanol–water partition coefficient (Wildman–Crippen LogP) is 3.08. The van der Waals surface area contributed by atoms with Crippen LogP contribution in [0.2, 0.25) is 0 Å². The van der Waals surface area contributed by atoms with Crippen LogP contribution in [0.15, 0.2) is 30.5 Å². The second-order valence-corrected chi connectivity index (χ2v) is 7.12. The van der Waals surface area contributed by atoms with E-state index in [-0.39, 0.29) is 5.82 Å². The molecule has 0 spiro atoms. The van der Waals surface area contributed by atoms with E-state index in [2.05, 4.69) is 49.6 Å².